The van der Waals surface area contributed by atoms with E-state index < -0.39 is 17.8 Å². The van der Waals surface area contributed by atoms with E-state index in [1.54, 1.807) is 12.1 Å². The maximum absolute atomic E-state index is 13.0. The van der Waals surface area contributed by atoms with Crippen LogP contribution in [0.5, 0.6) is 0 Å². The Hall–Kier alpha value is -2.39. The number of aliphatic carboxylic acids is 1. The summed E-state index contributed by atoms with van der Waals surface area (Å²) in [7, 11) is 0. The second-order valence-electron chi connectivity index (χ2n) is 6.97. The summed E-state index contributed by atoms with van der Waals surface area (Å²) in [6.45, 7) is 3.93. The fourth-order valence-electron chi connectivity index (χ4n) is 3.51. The highest BCUT2D eigenvalue weighted by molar-refractivity contribution is 6.30. The summed E-state index contributed by atoms with van der Waals surface area (Å²) in [5.41, 5.74) is 4.77. The fourth-order valence-corrected chi connectivity index (χ4v) is 3.64. The predicted octanol–water partition coefficient (Wildman–Crippen LogP) is 5.64. The van der Waals surface area contributed by atoms with Crippen molar-refractivity contribution in [2.24, 2.45) is 11.8 Å². The van der Waals surface area contributed by atoms with Gasteiger partial charge in [0.1, 0.15) is 0 Å². The van der Waals surface area contributed by atoms with Gasteiger partial charge < -0.3 is 5.11 Å². The van der Waals surface area contributed by atoms with E-state index in [1.165, 1.54) is 0 Å². The van der Waals surface area contributed by atoms with Crippen molar-refractivity contribution in [2.45, 2.75) is 26.7 Å². The van der Waals surface area contributed by atoms with E-state index in [9.17, 15) is 14.7 Å². The first-order valence-electron chi connectivity index (χ1n) is 8.65. The lowest BCUT2D eigenvalue weighted by atomic mass is 9.73. The standard InChI is InChI=1S/C22H21ClO3/c1-13-11-19(20(22(25)26)12-14(13)2)21(24)17-5-3-15(4-6-17)16-7-9-18(23)10-8-16/h3-10,19-20H,11-12H2,1-2H3,(H,25,26)/t19-,20-/m0/s1. The number of carbonyl (C=O) groups is 2. The lowest BCUT2D eigenvalue weighted by Gasteiger charge is -2.29. The minimum atomic E-state index is -0.895. The second kappa shape index (κ2) is 7.46. The zero-order valence-electron chi connectivity index (χ0n) is 14.8. The molecule has 134 valence electrons. The SMILES string of the molecule is CC1=C(C)C[C@H](C(=O)c2ccc(-c3ccc(Cl)cc3)cc2)[C@@H](C(=O)O)C1. The van der Waals surface area contributed by atoms with Crippen LogP contribution in [0.4, 0.5) is 0 Å². The molecule has 0 saturated carbocycles. The molecule has 0 unspecified atom stereocenters. The Morgan fingerprint density at radius 1 is 0.846 bits per heavy atom. The van der Waals surface area contributed by atoms with Gasteiger partial charge in [-0.2, -0.15) is 0 Å². The molecule has 0 aliphatic heterocycles. The Labute approximate surface area is 158 Å². The third-order valence-corrected chi connectivity index (χ3v) is 5.52. The molecular formula is C22H21ClO3. The van der Waals surface area contributed by atoms with Gasteiger partial charge >= 0.3 is 5.97 Å². The minimum absolute atomic E-state index is 0.0908. The fraction of sp³-hybridized carbons (Fsp3) is 0.273. The van der Waals surface area contributed by atoms with Crippen molar-refractivity contribution in [1.29, 1.82) is 0 Å². The van der Waals surface area contributed by atoms with Crippen LogP contribution < -0.4 is 0 Å². The van der Waals surface area contributed by atoms with E-state index in [4.69, 9.17) is 11.6 Å². The largest absolute Gasteiger partial charge is 0.481 e. The van der Waals surface area contributed by atoms with Crippen LogP contribution in [0.2, 0.25) is 5.02 Å². The van der Waals surface area contributed by atoms with Crippen LogP contribution in [0.1, 0.15) is 37.0 Å². The molecule has 3 rings (SSSR count). The molecule has 2 atom stereocenters. The van der Waals surface area contributed by atoms with Crippen LogP contribution >= 0.6 is 11.6 Å². The molecule has 0 radical (unpaired) electrons. The third kappa shape index (κ3) is 3.73. The smallest absolute Gasteiger partial charge is 0.307 e. The van der Waals surface area contributed by atoms with Gasteiger partial charge in [-0.05, 0) is 49.9 Å². The van der Waals surface area contributed by atoms with Crippen LogP contribution in [0, 0.1) is 11.8 Å². The Bertz CT molecular complexity index is 863. The highest BCUT2D eigenvalue weighted by Crippen LogP contribution is 2.36. The molecule has 0 bridgehead atoms. The van der Waals surface area contributed by atoms with Crippen LogP contribution in [0.3, 0.4) is 0 Å². The predicted molar refractivity (Wildman–Crippen MR) is 103 cm³/mol. The number of rotatable bonds is 4. The molecule has 1 N–H and O–H groups in total. The maximum atomic E-state index is 13.0. The normalized spacial score (nSPS) is 20.1. The van der Waals surface area contributed by atoms with Gasteiger partial charge in [-0.1, -0.05) is 59.1 Å². The van der Waals surface area contributed by atoms with Gasteiger partial charge in [0, 0.05) is 16.5 Å². The topological polar surface area (TPSA) is 54.4 Å². The summed E-state index contributed by atoms with van der Waals surface area (Å²) in [5, 5.41) is 10.2. The molecule has 0 heterocycles. The molecular weight excluding hydrogens is 348 g/mol. The molecule has 1 aliphatic carbocycles. The Balaban J connectivity index is 1.85. The van der Waals surface area contributed by atoms with E-state index in [1.807, 2.05) is 50.2 Å². The van der Waals surface area contributed by atoms with Gasteiger partial charge in [0.25, 0.3) is 0 Å². The number of carboxylic acid groups (broad SMARTS) is 1. The maximum Gasteiger partial charge on any atom is 0.307 e. The highest BCUT2D eigenvalue weighted by Gasteiger charge is 2.37. The number of Topliss-reactive ketones (excluding diaryl/α,β-unsaturated/α-hetero) is 1. The van der Waals surface area contributed by atoms with Crippen molar-refractivity contribution in [3.8, 4) is 11.1 Å². The summed E-state index contributed by atoms with van der Waals surface area (Å²) < 4.78 is 0. The first-order valence-corrected chi connectivity index (χ1v) is 9.03. The molecule has 2 aromatic carbocycles. The summed E-state index contributed by atoms with van der Waals surface area (Å²) in [5.74, 6) is -2.14. The molecule has 26 heavy (non-hydrogen) atoms. The van der Waals surface area contributed by atoms with Gasteiger partial charge in [-0.3, -0.25) is 9.59 Å². The summed E-state index contributed by atoms with van der Waals surface area (Å²) in [4.78, 5) is 24.6. The van der Waals surface area contributed by atoms with E-state index in [0.717, 1.165) is 22.3 Å². The molecule has 0 amide bonds. The lowest BCUT2D eigenvalue weighted by Crippen LogP contribution is -2.33. The number of hydrogen-bond donors (Lipinski definition) is 1. The average Bonchev–Trinajstić information content (AvgIpc) is 2.63. The molecule has 1 aliphatic rings. The Kier molecular flexibility index (Phi) is 5.28. The van der Waals surface area contributed by atoms with Crippen LogP contribution in [-0.4, -0.2) is 16.9 Å². The monoisotopic (exact) mass is 368 g/mol. The van der Waals surface area contributed by atoms with Crippen LogP contribution in [0.15, 0.2) is 59.7 Å². The number of allylic oxidation sites excluding steroid dienone is 2. The lowest BCUT2D eigenvalue weighted by molar-refractivity contribution is -0.143. The van der Waals surface area contributed by atoms with Crippen molar-refractivity contribution < 1.29 is 14.7 Å². The van der Waals surface area contributed by atoms with Crippen molar-refractivity contribution in [3.05, 3.63) is 70.3 Å². The van der Waals surface area contributed by atoms with E-state index in [0.29, 0.717) is 23.4 Å². The number of carboxylic acids is 1. The first kappa shape index (κ1) is 18.4. The van der Waals surface area contributed by atoms with Crippen molar-refractivity contribution in [1.82, 2.24) is 0 Å². The third-order valence-electron chi connectivity index (χ3n) is 5.27. The molecule has 3 nitrogen and oxygen atoms in total. The molecule has 0 aromatic heterocycles. The number of hydrogen-bond acceptors (Lipinski definition) is 2. The molecule has 2 aromatic rings. The number of halogens is 1. The highest BCUT2D eigenvalue weighted by atomic mass is 35.5. The molecule has 4 heteroatoms. The number of carbonyl (C=O) groups excluding carboxylic acids is 1. The van der Waals surface area contributed by atoms with Crippen molar-refractivity contribution >= 4 is 23.4 Å². The molecule has 0 spiro atoms. The van der Waals surface area contributed by atoms with Crippen LogP contribution in [0.25, 0.3) is 11.1 Å². The van der Waals surface area contributed by atoms with E-state index in [-0.39, 0.29) is 5.78 Å². The van der Waals surface area contributed by atoms with Gasteiger partial charge in [-0.15, -0.1) is 0 Å². The summed E-state index contributed by atoms with van der Waals surface area (Å²) in [6.07, 6.45) is 0.959. The van der Waals surface area contributed by atoms with Crippen LogP contribution in [-0.2, 0) is 4.79 Å². The van der Waals surface area contributed by atoms with E-state index >= 15 is 0 Å². The first-order chi connectivity index (χ1) is 12.4. The Morgan fingerprint density at radius 3 is 1.81 bits per heavy atom. The number of ketones is 1. The van der Waals surface area contributed by atoms with Gasteiger partial charge in [0.2, 0.25) is 0 Å². The molecule has 0 fully saturated rings. The average molecular weight is 369 g/mol. The summed E-state index contributed by atoms with van der Waals surface area (Å²) in [6, 6.07) is 14.9. The minimum Gasteiger partial charge on any atom is -0.481 e. The second-order valence-corrected chi connectivity index (χ2v) is 7.41. The van der Waals surface area contributed by atoms with Gasteiger partial charge in [0.15, 0.2) is 5.78 Å². The zero-order chi connectivity index (χ0) is 18.8. The Morgan fingerprint density at radius 2 is 1.31 bits per heavy atom. The zero-order valence-corrected chi connectivity index (χ0v) is 15.6. The van der Waals surface area contributed by atoms with Crippen molar-refractivity contribution in [2.75, 3.05) is 0 Å². The quantitative estimate of drug-likeness (QED) is 0.561. The molecule has 0 saturated heterocycles. The van der Waals surface area contributed by atoms with E-state index in [2.05, 4.69) is 0 Å². The van der Waals surface area contributed by atoms with Gasteiger partial charge in [-0.25, -0.2) is 0 Å². The van der Waals surface area contributed by atoms with Gasteiger partial charge in [0.05, 0.1) is 5.92 Å². The summed E-state index contributed by atoms with van der Waals surface area (Å²) >= 11 is 5.92. The number of benzene rings is 2. The van der Waals surface area contributed by atoms with Crippen molar-refractivity contribution in [3.63, 3.8) is 0 Å².